The molecule has 2 aliphatic rings. The number of Topliss-reactive ketones (excluding diaryl/α,β-unsaturated/α-hetero) is 1. The molecule has 0 radical (unpaired) electrons. The van der Waals surface area contributed by atoms with E-state index in [9.17, 15) is 4.79 Å². The lowest BCUT2D eigenvalue weighted by molar-refractivity contribution is -0.133. The maximum Gasteiger partial charge on any atom is 0.136 e. The smallest absolute Gasteiger partial charge is 0.136 e. The Bertz CT molecular complexity index is 516. The van der Waals surface area contributed by atoms with E-state index in [2.05, 4.69) is 42.2 Å². The zero-order chi connectivity index (χ0) is 17.5. The second kappa shape index (κ2) is 9.49. The number of unbranched alkanes of at least 4 members (excludes halogenated alkanes) is 4. The fourth-order valence-corrected chi connectivity index (χ4v) is 4.41. The third-order valence-electron chi connectivity index (χ3n) is 5.86. The van der Waals surface area contributed by atoms with Crippen molar-refractivity contribution >= 4 is 5.78 Å². The first-order valence-corrected chi connectivity index (χ1v) is 10.2. The molecule has 2 fully saturated rings. The molecule has 1 aromatic carbocycles. The zero-order valence-electron chi connectivity index (χ0n) is 15.7. The van der Waals surface area contributed by atoms with Crippen LogP contribution in [0.15, 0.2) is 30.3 Å². The summed E-state index contributed by atoms with van der Waals surface area (Å²) in [5.74, 6) is 0.768. The quantitative estimate of drug-likeness (QED) is 0.614. The molecule has 0 saturated carbocycles. The summed E-state index contributed by atoms with van der Waals surface area (Å²) in [7, 11) is 0. The Balaban J connectivity index is 1.51. The summed E-state index contributed by atoms with van der Waals surface area (Å²) in [4.78, 5) is 15.3. The van der Waals surface area contributed by atoms with Gasteiger partial charge in [-0.3, -0.25) is 9.69 Å². The van der Waals surface area contributed by atoms with E-state index >= 15 is 0 Å². The van der Waals surface area contributed by atoms with Crippen molar-refractivity contribution in [2.24, 2.45) is 5.92 Å². The average Bonchev–Trinajstić information content (AvgIpc) is 2.62. The van der Waals surface area contributed by atoms with Crippen LogP contribution in [0.3, 0.4) is 0 Å². The van der Waals surface area contributed by atoms with Gasteiger partial charge in [-0.25, -0.2) is 0 Å². The highest BCUT2D eigenvalue weighted by Gasteiger charge is 2.40. The van der Waals surface area contributed by atoms with Crippen molar-refractivity contribution in [1.82, 2.24) is 4.90 Å². The van der Waals surface area contributed by atoms with Crippen molar-refractivity contribution < 1.29 is 9.53 Å². The summed E-state index contributed by atoms with van der Waals surface area (Å²) in [5, 5.41) is 0. The molecule has 0 spiro atoms. The lowest BCUT2D eigenvalue weighted by Crippen LogP contribution is -2.57. The number of ether oxygens (including phenoxy) is 1. The molecule has 0 N–H and O–H groups in total. The molecule has 2 aliphatic heterocycles. The molecule has 0 aromatic heterocycles. The van der Waals surface area contributed by atoms with E-state index in [0.29, 0.717) is 17.9 Å². The van der Waals surface area contributed by atoms with Gasteiger partial charge in [0, 0.05) is 31.0 Å². The number of ketones is 1. The van der Waals surface area contributed by atoms with Crippen molar-refractivity contribution in [2.45, 2.75) is 76.9 Å². The number of carbonyl (C=O) groups is 1. The van der Waals surface area contributed by atoms with Gasteiger partial charge >= 0.3 is 0 Å². The molecular formula is C22H33NO2. The Labute approximate surface area is 152 Å². The molecule has 2 heterocycles. The summed E-state index contributed by atoms with van der Waals surface area (Å²) < 4.78 is 5.80. The second-order valence-corrected chi connectivity index (χ2v) is 7.80. The number of carbonyl (C=O) groups excluding carboxylic acids is 1. The summed E-state index contributed by atoms with van der Waals surface area (Å²) in [6, 6.07) is 11.5. The maximum atomic E-state index is 12.7. The molecule has 3 nitrogen and oxygen atoms in total. The third kappa shape index (κ3) is 5.15. The largest absolute Gasteiger partial charge is 0.378 e. The molecule has 0 amide bonds. The summed E-state index contributed by atoms with van der Waals surface area (Å²) in [5.41, 5.74) is 1.36. The summed E-state index contributed by atoms with van der Waals surface area (Å²) in [6.07, 6.45) is 8.88. The Morgan fingerprint density at radius 3 is 2.40 bits per heavy atom. The number of hydrogen-bond donors (Lipinski definition) is 0. The van der Waals surface area contributed by atoms with Gasteiger partial charge in [0.05, 0.1) is 13.2 Å². The highest BCUT2D eigenvalue weighted by molar-refractivity contribution is 5.81. The Morgan fingerprint density at radius 2 is 1.72 bits per heavy atom. The van der Waals surface area contributed by atoms with E-state index in [-0.39, 0.29) is 5.92 Å². The van der Waals surface area contributed by atoms with Crippen LogP contribution < -0.4 is 0 Å². The van der Waals surface area contributed by atoms with Crippen LogP contribution in [0.25, 0.3) is 0 Å². The Hall–Kier alpha value is -1.19. The average molecular weight is 344 g/mol. The van der Waals surface area contributed by atoms with Crippen LogP contribution in [0.2, 0.25) is 0 Å². The fraction of sp³-hybridized carbons (Fsp3) is 0.682. The molecule has 2 bridgehead atoms. The van der Waals surface area contributed by atoms with Crippen LogP contribution in [0.5, 0.6) is 0 Å². The topological polar surface area (TPSA) is 29.5 Å². The van der Waals surface area contributed by atoms with Gasteiger partial charge in [0.2, 0.25) is 0 Å². The first kappa shape index (κ1) is 18.6. The first-order valence-electron chi connectivity index (χ1n) is 10.2. The summed E-state index contributed by atoms with van der Waals surface area (Å²) in [6.45, 7) is 4.78. The van der Waals surface area contributed by atoms with Gasteiger partial charge in [0.25, 0.3) is 0 Å². The SMILES string of the molecule is CCCCCCCC(=O)C1CC2COCC(C1)N2Cc1ccccc1. The second-order valence-electron chi connectivity index (χ2n) is 7.80. The predicted molar refractivity (Wildman–Crippen MR) is 101 cm³/mol. The molecule has 25 heavy (non-hydrogen) atoms. The zero-order valence-corrected chi connectivity index (χ0v) is 15.7. The minimum atomic E-state index is 0.261. The highest BCUT2D eigenvalue weighted by Crippen LogP contribution is 2.34. The number of piperidine rings is 1. The van der Waals surface area contributed by atoms with E-state index in [1.165, 1.54) is 31.2 Å². The standard InChI is InChI=1S/C22H33NO2/c1-2-3-4-5-9-12-22(24)19-13-20-16-25-17-21(14-19)23(20)15-18-10-7-6-8-11-18/h6-8,10-11,19-21H,2-5,9,12-17H2,1H3. The van der Waals surface area contributed by atoms with Crippen LogP contribution in [0.1, 0.15) is 63.9 Å². The molecule has 2 atom stereocenters. The predicted octanol–water partition coefficient (Wildman–Crippen LogP) is 4.60. The van der Waals surface area contributed by atoms with Gasteiger partial charge < -0.3 is 4.74 Å². The number of benzene rings is 1. The maximum absolute atomic E-state index is 12.7. The summed E-state index contributed by atoms with van der Waals surface area (Å²) >= 11 is 0. The van der Waals surface area contributed by atoms with Crippen molar-refractivity contribution in [3.63, 3.8) is 0 Å². The van der Waals surface area contributed by atoms with E-state index < -0.39 is 0 Å². The Kier molecular flexibility index (Phi) is 7.06. The fourth-order valence-electron chi connectivity index (χ4n) is 4.41. The minimum absolute atomic E-state index is 0.261. The van der Waals surface area contributed by atoms with Gasteiger partial charge in [-0.15, -0.1) is 0 Å². The first-order chi connectivity index (χ1) is 12.3. The lowest BCUT2D eigenvalue weighted by Gasteiger charge is -2.48. The number of hydrogen-bond acceptors (Lipinski definition) is 3. The number of morpholine rings is 1. The Morgan fingerprint density at radius 1 is 1.04 bits per heavy atom. The van der Waals surface area contributed by atoms with Gasteiger partial charge in [-0.05, 0) is 24.8 Å². The molecular weight excluding hydrogens is 310 g/mol. The normalized spacial score (nSPS) is 26.5. The van der Waals surface area contributed by atoms with Crippen LogP contribution in [-0.4, -0.2) is 36.0 Å². The third-order valence-corrected chi connectivity index (χ3v) is 5.86. The van der Waals surface area contributed by atoms with E-state index in [4.69, 9.17) is 4.74 Å². The van der Waals surface area contributed by atoms with Crippen molar-refractivity contribution in [2.75, 3.05) is 13.2 Å². The van der Waals surface area contributed by atoms with Crippen LogP contribution in [0.4, 0.5) is 0 Å². The number of rotatable bonds is 9. The molecule has 3 rings (SSSR count). The van der Waals surface area contributed by atoms with E-state index in [1.807, 2.05) is 0 Å². The molecule has 3 heteroatoms. The molecule has 0 aliphatic carbocycles. The number of fused-ring (bicyclic) bond motifs is 2. The molecule has 2 unspecified atom stereocenters. The van der Waals surface area contributed by atoms with Crippen LogP contribution in [-0.2, 0) is 16.1 Å². The number of nitrogens with zero attached hydrogens (tertiary/aromatic N) is 1. The van der Waals surface area contributed by atoms with Crippen LogP contribution >= 0.6 is 0 Å². The highest BCUT2D eigenvalue weighted by atomic mass is 16.5. The lowest BCUT2D eigenvalue weighted by atomic mass is 9.81. The van der Waals surface area contributed by atoms with Gasteiger partial charge in [0.1, 0.15) is 5.78 Å². The van der Waals surface area contributed by atoms with E-state index in [0.717, 1.165) is 45.4 Å². The monoisotopic (exact) mass is 343 g/mol. The van der Waals surface area contributed by atoms with Crippen molar-refractivity contribution in [3.8, 4) is 0 Å². The van der Waals surface area contributed by atoms with Gasteiger partial charge in [0.15, 0.2) is 0 Å². The van der Waals surface area contributed by atoms with Crippen molar-refractivity contribution in [1.29, 1.82) is 0 Å². The van der Waals surface area contributed by atoms with Gasteiger partial charge in [-0.2, -0.15) is 0 Å². The van der Waals surface area contributed by atoms with E-state index in [1.54, 1.807) is 0 Å². The van der Waals surface area contributed by atoms with Gasteiger partial charge in [-0.1, -0.05) is 62.9 Å². The molecule has 138 valence electrons. The minimum Gasteiger partial charge on any atom is -0.378 e. The van der Waals surface area contributed by atoms with Crippen molar-refractivity contribution in [3.05, 3.63) is 35.9 Å². The van der Waals surface area contributed by atoms with Crippen LogP contribution in [0, 0.1) is 5.92 Å². The molecule has 2 saturated heterocycles. The molecule has 1 aromatic rings.